The fourth-order valence-corrected chi connectivity index (χ4v) is 3.01. The van der Waals surface area contributed by atoms with Gasteiger partial charge in [-0.1, -0.05) is 13.3 Å². The maximum Gasteiger partial charge on any atom is 0.128 e. The van der Waals surface area contributed by atoms with Crippen molar-refractivity contribution in [2.45, 2.75) is 32.7 Å². The van der Waals surface area contributed by atoms with Gasteiger partial charge in [0.2, 0.25) is 0 Å². The Morgan fingerprint density at radius 3 is 3.00 bits per heavy atom. The zero-order valence-electron chi connectivity index (χ0n) is 10.1. The van der Waals surface area contributed by atoms with Crippen LogP contribution in [0.4, 0.5) is 0 Å². The maximum absolute atomic E-state index is 4.27. The summed E-state index contributed by atoms with van der Waals surface area (Å²) < 4.78 is 3.10. The summed E-state index contributed by atoms with van der Waals surface area (Å²) in [7, 11) is 2.06. The SMILES string of the molecule is CCCC1CCN(Cc2c(Br)ncn2C)C1. The van der Waals surface area contributed by atoms with E-state index in [9.17, 15) is 0 Å². The molecule has 3 nitrogen and oxygen atoms in total. The summed E-state index contributed by atoms with van der Waals surface area (Å²) in [6.07, 6.45) is 5.93. The first-order valence-corrected chi connectivity index (χ1v) is 6.88. The molecular formula is C12H20BrN3. The first kappa shape index (κ1) is 12.1. The molecule has 1 aromatic heterocycles. The van der Waals surface area contributed by atoms with Crippen LogP contribution in [0.5, 0.6) is 0 Å². The van der Waals surface area contributed by atoms with Crippen molar-refractivity contribution in [1.82, 2.24) is 14.5 Å². The van der Waals surface area contributed by atoms with Gasteiger partial charge in [-0.05, 0) is 41.2 Å². The van der Waals surface area contributed by atoms with Crippen LogP contribution in [0.15, 0.2) is 10.9 Å². The Hall–Kier alpha value is -0.350. The lowest BCUT2D eigenvalue weighted by atomic mass is 10.0. The molecule has 4 heteroatoms. The van der Waals surface area contributed by atoms with Crippen LogP contribution in [0.2, 0.25) is 0 Å². The van der Waals surface area contributed by atoms with E-state index in [0.29, 0.717) is 0 Å². The van der Waals surface area contributed by atoms with Crippen molar-refractivity contribution in [3.8, 4) is 0 Å². The van der Waals surface area contributed by atoms with E-state index in [4.69, 9.17) is 0 Å². The fraction of sp³-hybridized carbons (Fsp3) is 0.750. The Bertz CT molecular complexity index is 329. The molecule has 0 spiro atoms. The van der Waals surface area contributed by atoms with Gasteiger partial charge in [-0.25, -0.2) is 4.98 Å². The summed E-state index contributed by atoms with van der Waals surface area (Å²) in [5.74, 6) is 0.914. The van der Waals surface area contributed by atoms with E-state index >= 15 is 0 Å². The summed E-state index contributed by atoms with van der Waals surface area (Å²) in [6, 6.07) is 0. The van der Waals surface area contributed by atoms with Gasteiger partial charge in [0.05, 0.1) is 12.0 Å². The number of aromatic nitrogens is 2. The molecule has 0 N–H and O–H groups in total. The first-order valence-electron chi connectivity index (χ1n) is 6.08. The summed E-state index contributed by atoms with van der Waals surface area (Å²) in [5, 5.41) is 0. The highest BCUT2D eigenvalue weighted by atomic mass is 79.9. The van der Waals surface area contributed by atoms with E-state index in [-0.39, 0.29) is 0 Å². The van der Waals surface area contributed by atoms with Gasteiger partial charge in [0.1, 0.15) is 4.60 Å². The standard InChI is InChI=1S/C12H20BrN3/c1-3-4-10-5-6-16(7-10)8-11-12(13)14-9-15(11)2/h9-10H,3-8H2,1-2H3. The molecular weight excluding hydrogens is 266 g/mol. The second-order valence-electron chi connectivity index (χ2n) is 4.77. The van der Waals surface area contributed by atoms with Crippen LogP contribution < -0.4 is 0 Å². The number of nitrogens with zero attached hydrogens (tertiary/aromatic N) is 3. The minimum absolute atomic E-state index is 0.914. The van der Waals surface area contributed by atoms with Crippen molar-refractivity contribution in [1.29, 1.82) is 0 Å². The Balaban J connectivity index is 1.92. The number of hydrogen-bond acceptors (Lipinski definition) is 2. The van der Waals surface area contributed by atoms with Gasteiger partial charge < -0.3 is 4.57 Å². The molecule has 0 aromatic carbocycles. The predicted octanol–water partition coefficient (Wildman–Crippen LogP) is 2.80. The van der Waals surface area contributed by atoms with Crippen LogP contribution in [0, 0.1) is 5.92 Å². The van der Waals surface area contributed by atoms with Gasteiger partial charge >= 0.3 is 0 Å². The normalized spacial score (nSPS) is 21.8. The van der Waals surface area contributed by atoms with E-state index < -0.39 is 0 Å². The molecule has 0 saturated carbocycles. The number of likely N-dealkylation sites (tertiary alicyclic amines) is 1. The molecule has 1 aromatic rings. The van der Waals surface area contributed by atoms with Gasteiger partial charge in [-0.3, -0.25) is 4.90 Å². The smallest absolute Gasteiger partial charge is 0.128 e. The zero-order valence-corrected chi connectivity index (χ0v) is 11.7. The van der Waals surface area contributed by atoms with Gasteiger partial charge in [-0.2, -0.15) is 0 Å². The Labute approximate surface area is 106 Å². The van der Waals surface area contributed by atoms with Crippen LogP contribution in [0.25, 0.3) is 0 Å². The molecule has 0 amide bonds. The number of hydrogen-bond donors (Lipinski definition) is 0. The molecule has 1 fully saturated rings. The number of aryl methyl sites for hydroxylation is 1. The highest BCUT2D eigenvalue weighted by Gasteiger charge is 2.23. The average Bonchev–Trinajstić information content (AvgIpc) is 2.81. The van der Waals surface area contributed by atoms with Crippen molar-refractivity contribution < 1.29 is 0 Å². The predicted molar refractivity (Wildman–Crippen MR) is 69.2 cm³/mol. The van der Waals surface area contributed by atoms with Crippen molar-refractivity contribution in [2.75, 3.05) is 13.1 Å². The third kappa shape index (κ3) is 2.66. The minimum Gasteiger partial charge on any atom is -0.336 e. The van der Waals surface area contributed by atoms with Crippen LogP contribution in [0.1, 0.15) is 31.9 Å². The molecule has 1 atom stereocenters. The maximum atomic E-state index is 4.27. The molecule has 0 bridgehead atoms. The molecule has 16 heavy (non-hydrogen) atoms. The lowest BCUT2D eigenvalue weighted by Crippen LogP contribution is -2.21. The molecule has 1 aliphatic heterocycles. The third-order valence-corrected chi connectivity index (χ3v) is 4.11. The topological polar surface area (TPSA) is 21.1 Å². The highest BCUT2D eigenvalue weighted by molar-refractivity contribution is 9.10. The van der Waals surface area contributed by atoms with Crippen molar-refractivity contribution >= 4 is 15.9 Å². The zero-order chi connectivity index (χ0) is 11.5. The fourth-order valence-electron chi connectivity index (χ4n) is 2.52. The molecule has 0 radical (unpaired) electrons. The van der Waals surface area contributed by atoms with Crippen molar-refractivity contribution in [2.24, 2.45) is 13.0 Å². The van der Waals surface area contributed by atoms with Crippen LogP contribution in [0.3, 0.4) is 0 Å². The summed E-state index contributed by atoms with van der Waals surface area (Å²) in [5.41, 5.74) is 1.29. The lowest BCUT2D eigenvalue weighted by molar-refractivity contribution is 0.305. The second kappa shape index (κ2) is 5.32. The molecule has 90 valence electrons. The number of rotatable bonds is 4. The van der Waals surface area contributed by atoms with Crippen LogP contribution >= 0.6 is 15.9 Å². The summed E-state index contributed by atoms with van der Waals surface area (Å²) >= 11 is 3.51. The Morgan fingerprint density at radius 1 is 1.56 bits per heavy atom. The van der Waals surface area contributed by atoms with Crippen LogP contribution in [-0.2, 0) is 13.6 Å². The van der Waals surface area contributed by atoms with E-state index in [0.717, 1.165) is 17.1 Å². The van der Waals surface area contributed by atoms with E-state index in [2.05, 4.69) is 44.4 Å². The van der Waals surface area contributed by atoms with E-state index in [1.807, 2.05) is 6.33 Å². The first-order chi connectivity index (χ1) is 7.70. The monoisotopic (exact) mass is 285 g/mol. The molecule has 1 saturated heterocycles. The summed E-state index contributed by atoms with van der Waals surface area (Å²) in [6.45, 7) is 5.80. The largest absolute Gasteiger partial charge is 0.336 e. The van der Waals surface area contributed by atoms with Gasteiger partial charge in [-0.15, -0.1) is 0 Å². The molecule has 0 aliphatic carbocycles. The van der Waals surface area contributed by atoms with E-state index in [1.165, 1.54) is 38.0 Å². The number of imidazole rings is 1. The molecule has 2 rings (SSSR count). The minimum atomic E-state index is 0.914. The van der Waals surface area contributed by atoms with E-state index in [1.54, 1.807) is 0 Å². The van der Waals surface area contributed by atoms with Crippen LogP contribution in [-0.4, -0.2) is 27.5 Å². The Morgan fingerprint density at radius 2 is 2.38 bits per heavy atom. The third-order valence-electron chi connectivity index (χ3n) is 3.45. The number of halogens is 1. The molecule has 1 aliphatic rings. The molecule has 2 heterocycles. The second-order valence-corrected chi connectivity index (χ2v) is 5.52. The molecule has 1 unspecified atom stereocenters. The highest BCUT2D eigenvalue weighted by Crippen LogP contribution is 2.24. The quantitative estimate of drug-likeness (QED) is 0.848. The average molecular weight is 286 g/mol. The lowest BCUT2D eigenvalue weighted by Gasteiger charge is -2.16. The van der Waals surface area contributed by atoms with Gasteiger partial charge in [0.25, 0.3) is 0 Å². The van der Waals surface area contributed by atoms with Gasteiger partial charge in [0, 0.05) is 20.1 Å². The van der Waals surface area contributed by atoms with Gasteiger partial charge in [0.15, 0.2) is 0 Å². The summed E-state index contributed by atoms with van der Waals surface area (Å²) in [4.78, 5) is 6.81. The Kier molecular flexibility index (Phi) is 4.03. The van der Waals surface area contributed by atoms with Crippen molar-refractivity contribution in [3.63, 3.8) is 0 Å². The van der Waals surface area contributed by atoms with Crippen molar-refractivity contribution in [3.05, 3.63) is 16.6 Å².